The zero-order valence-electron chi connectivity index (χ0n) is 7.70. The highest BCUT2D eigenvalue weighted by Gasteiger charge is 2.08. The van der Waals surface area contributed by atoms with E-state index in [2.05, 4.69) is 0 Å². The zero-order valence-corrected chi connectivity index (χ0v) is 7.70. The van der Waals surface area contributed by atoms with Crippen LogP contribution < -0.4 is 9.84 Å². The van der Waals surface area contributed by atoms with E-state index in [9.17, 15) is 14.3 Å². The fraction of sp³-hybridized carbons (Fsp3) is 0.300. The van der Waals surface area contributed by atoms with Gasteiger partial charge in [-0.05, 0) is 30.7 Å². The van der Waals surface area contributed by atoms with Crippen molar-refractivity contribution in [1.29, 1.82) is 0 Å². The number of aliphatic carboxylic acids is 1. The molecular weight excluding hydrogens is 187 g/mol. The summed E-state index contributed by atoms with van der Waals surface area (Å²) in [6, 6.07) is 5.16. The maximum absolute atomic E-state index is 12.5. The van der Waals surface area contributed by atoms with Gasteiger partial charge in [0.05, 0.1) is 5.97 Å². The fourth-order valence-corrected chi connectivity index (χ4v) is 0.976. The van der Waals surface area contributed by atoms with Crippen LogP contribution in [-0.2, 0) is 4.79 Å². The van der Waals surface area contributed by atoms with Crippen LogP contribution in [0.2, 0.25) is 0 Å². The van der Waals surface area contributed by atoms with Gasteiger partial charge in [-0.1, -0.05) is 6.92 Å². The SMILES string of the molecule is CC[C@H](Oc1ccc(F)cc1)C(=O)[O-]. The van der Waals surface area contributed by atoms with Crippen LogP contribution >= 0.6 is 0 Å². The normalized spacial score (nSPS) is 12.1. The topological polar surface area (TPSA) is 49.4 Å². The number of halogens is 1. The van der Waals surface area contributed by atoms with Crippen molar-refractivity contribution < 1.29 is 19.0 Å². The monoisotopic (exact) mass is 197 g/mol. The molecule has 1 aromatic carbocycles. The lowest BCUT2D eigenvalue weighted by Gasteiger charge is -2.17. The van der Waals surface area contributed by atoms with Crippen LogP contribution in [0.15, 0.2) is 24.3 Å². The van der Waals surface area contributed by atoms with Gasteiger partial charge in [0.15, 0.2) is 0 Å². The van der Waals surface area contributed by atoms with E-state index in [1.807, 2.05) is 0 Å². The van der Waals surface area contributed by atoms with Crippen LogP contribution in [0.25, 0.3) is 0 Å². The molecule has 0 aliphatic heterocycles. The van der Waals surface area contributed by atoms with Gasteiger partial charge < -0.3 is 14.6 Å². The van der Waals surface area contributed by atoms with Gasteiger partial charge >= 0.3 is 0 Å². The molecule has 0 amide bonds. The molecule has 1 aromatic rings. The second-order valence-corrected chi connectivity index (χ2v) is 2.79. The van der Waals surface area contributed by atoms with Crippen molar-refractivity contribution >= 4 is 5.97 Å². The van der Waals surface area contributed by atoms with E-state index in [4.69, 9.17) is 4.74 Å². The molecule has 0 spiro atoms. The molecule has 0 bridgehead atoms. The summed E-state index contributed by atoms with van der Waals surface area (Å²) in [6.45, 7) is 1.67. The van der Waals surface area contributed by atoms with Gasteiger partial charge in [-0.25, -0.2) is 4.39 Å². The van der Waals surface area contributed by atoms with Crippen LogP contribution in [-0.4, -0.2) is 12.1 Å². The molecule has 0 unspecified atom stereocenters. The first kappa shape index (κ1) is 10.5. The molecule has 0 aliphatic rings. The number of hydrogen-bond acceptors (Lipinski definition) is 3. The Morgan fingerprint density at radius 3 is 2.50 bits per heavy atom. The van der Waals surface area contributed by atoms with Gasteiger partial charge in [0.25, 0.3) is 0 Å². The van der Waals surface area contributed by atoms with Gasteiger partial charge in [-0.2, -0.15) is 0 Å². The van der Waals surface area contributed by atoms with Gasteiger partial charge in [0.2, 0.25) is 0 Å². The van der Waals surface area contributed by atoms with E-state index < -0.39 is 12.1 Å². The average Bonchev–Trinajstić information content (AvgIpc) is 2.16. The third-order valence-electron chi connectivity index (χ3n) is 1.73. The lowest BCUT2D eigenvalue weighted by Crippen LogP contribution is -2.39. The molecule has 1 rings (SSSR count). The molecule has 0 fully saturated rings. The summed E-state index contributed by atoms with van der Waals surface area (Å²) in [4.78, 5) is 10.5. The second-order valence-electron chi connectivity index (χ2n) is 2.79. The van der Waals surface area contributed by atoms with Gasteiger partial charge in [-0.3, -0.25) is 0 Å². The van der Waals surface area contributed by atoms with Crippen molar-refractivity contribution in [3.63, 3.8) is 0 Å². The molecule has 4 heteroatoms. The number of ether oxygens (including phenoxy) is 1. The highest BCUT2D eigenvalue weighted by Crippen LogP contribution is 2.13. The van der Waals surface area contributed by atoms with E-state index in [0.29, 0.717) is 12.2 Å². The van der Waals surface area contributed by atoms with Crippen molar-refractivity contribution in [2.45, 2.75) is 19.4 Å². The molecule has 0 aromatic heterocycles. The van der Waals surface area contributed by atoms with E-state index in [-0.39, 0.29) is 5.82 Å². The van der Waals surface area contributed by atoms with E-state index >= 15 is 0 Å². The second kappa shape index (κ2) is 4.60. The van der Waals surface area contributed by atoms with Crippen LogP contribution in [0, 0.1) is 5.82 Å². The van der Waals surface area contributed by atoms with Crippen LogP contribution in [0.3, 0.4) is 0 Å². The van der Waals surface area contributed by atoms with E-state index in [0.717, 1.165) is 0 Å². The molecule has 0 aliphatic carbocycles. The first-order valence-electron chi connectivity index (χ1n) is 4.26. The van der Waals surface area contributed by atoms with Crippen molar-refractivity contribution in [3.8, 4) is 5.75 Å². The maximum atomic E-state index is 12.5. The molecule has 76 valence electrons. The Morgan fingerprint density at radius 1 is 1.50 bits per heavy atom. The number of benzene rings is 1. The fourth-order valence-electron chi connectivity index (χ4n) is 0.976. The molecule has 0 N–H and O–H groups in total. The summed E-state index contributed by atoms with van der Waals surface area (Å²) >= 11 is 0. The maximum Gasteiger partial charge on any atom is 0.138 e. The first-order valence-corrected chi connectivity index (χ1v) is 4.26. The Labute approximate surface area is 81.1 Å². The quantitative estimate of drug-likeness (QED) is 0.715. The average molecular weight is 197 g/mol. The Morgan fingerprint density at radius 2 is 2.07 bits per heavy atom. The van der Waals surface area contributed by atoms with Gasteiger partial charge in [0, 0.05) is 0 Å². The first-order chi connectivity index (χ1) is 6.63. The Kier molecular flexibility index (Phi) is 3.45. The van der Waals surface area contributed by atoms with Crippen molar-refractivity contribution in [1.82, 2.24) is 0 Å². The molecule has 14 heavy (non-hydrogen) atoms. The molecule has 0 saturated heterocycles. The Bertz CT molecular complexity index is 308. The predicted octanol–water partition coefficient (Wildman–Crippen LogP) is 0.733. The number of carboxylic acids is 1. The lowest BCUT2D eigenvalue weighted by atomic mass is 10.2. The predicted molar refractivity (Wildman–Crippen MR) is 46.1 cm³/mol. The van der Waals surface area contributed by atoms with Gasteiger partial charge in [0.1, 0.15) is 17.7 Å². The van der Waals surface area contributed by atoms with Gasteiger partial charge in [-0.15, -0.1) is 0 Å². The van der Waals surface area contributed by atoms with Crippen LogP contribution in [0.4, 0.5) is 4.39 Å². The minimum Gasteiger partial charge on any atom is -0.546 e. The third kappa shape index (κ3) is 2.73. The standard InChI is InChI=1S/C10H11FO3/c1-2-9(10(12)13)14-8-5-3-7(11)4-6-8/h3-6,9H,2H2,1H3,(H,12,13)/p-1/t9-/m0/s1. The number of hydrogen-bond donors (Lipinski definition) is 0. The van der Waals surface area contributed by atoms with Crippen LogP contribution in [0.5, 0.6) is 5.75 Å². The highest BCUT2D eigenvalue weighted by molar-refractivity contribution is 5.70. The van der Waals surface area contributed by atoms with Crippen molar-refractivity contribution in [3.05, 3.63) is 30.1 Å². The minimum atomic E-state index is -1.27. The summed E-state index contributed by atoms with van der Waals surface area (Å²) in [5, 5.41) is 10.5. The van der Waals surface area contributed by atoms with E-state index in [1.54, 1.807) is 6.92 Å². The van der Waals surface area contributed by atoms with Crippen molar-refractivity contribution in [2.24, 2.45) is 0 Å². The Balaban J connectivity index is 2.67. The third-order valence-corrected chi connectivity index (χ3v) is 1.73. The summed E-state index contributed by atoms with van der Waals surface area (Å²) in [5.74, 6) is -1.34. The molecule has 0 heterocycles. The largest absolute Gasteiger partial charge is 0.546 e. The zero-order chi connectivity index (χ0) is 10.6. The molecule has 1 atom stereocenters. The minimum absolute atomic E-state index is 0.305. The molecular formula is C10H10FO3-. The summed E-state index contributed by atoms with van der Waals surface area (Å²) < 4.78 is 17.5. The molecule has 0 saturated carbocycles. The number of carboxylic acid groups (broad SMARTS) is 1. The number of rotatable bonds is 4. The Hall–Kier alpha value is -1.58. The van der Waals surface area contributed by atoms with Crippen LogP contribution in [0.1, 0.15) is 13.3 Å². The van der Waals surface area contributed by atoms with Crippen molar-refractivity contribution in [2.75, 3.05) is 0 Å². The highest BCUT2D eigenvalue weighted by atomic mass is 19.1. The smallest absolute Gasteiger partial charge is 0.138 e. The number of carbonyl (C=O) groups is 1. The summed E-state index contributed by atoms with van der Waals surface area (Å²) in [7, 11) is 0. The number of carbonyl (C=O) groups excluding carboxylic acids is 1. The summed E-state index contributed by atoms with van der Waals surface area (Å²) in [5.41, 5.74) is 0. The lowest BCUT2D eigenvalue weighted by molar-refractivity contribution is -0.313. The summed E-state index contributed by atoms with van der Waals surface area (Å²) in [6.07, 6.45) is -0.680. The molecule has 0 radical (unpaired) electrons. The molecule has 3 nitrogen and oxygen atoms in total. The van der Waals surface area contributed by atoms with E-state index in [1.165, 1.54) is 24.3 Å².